The molecule has 0 spiro atoms. The Morgan fingerprint density at radius 2 is 1.38 bits per heavy atom. The normalized spacial score (nSPS) is 10.7. The van der Waals surface area contributed by atoms with Gasteiger partial charge in [-0.1, -0.05) is 42.5 Å². The van der Waals surface area contributed by atoms with E-state index in [0.29, 0.717) is 52.7 Å². The number of anilines is 1. The first kappa shape index (κ1) is 30.2. The van der Waals surface area contributed by atoms with Gasteiger partial charge < -0.3 is 33.3 Å². The molecule has 0 aliphatic rings. The zero-order chi connectivity index (χ0) is 26.4. The second-order valence-corrected chi connectivity index (χ2v) is 8.13. The minimum absolute atomic E-state index is 0.0204. The van der Waals surface area contributed by atoms with Crippen LogP contribution in [0, 0.1) is 6.92 Å². The third-order valence-electron chi connectivity index (χ3n) is 5.19. The number of hydrogen-bond donors (Lipinski definition) is 0. The van der Waals surface area contributed by atoms with Gasteiger partial charge in [0.2, 0.25) is 0 Å². The van der Waals surface area contributed by atoms with Gasteiger partial charge in [0.15, 0.2) is 0 Å². The first-order chi connectivity index (χ1) is 18.2. The van der Waals surface area contributed by atoms with E-state index in [1.807, 2.05) is 6.07 Å². The largest absolute Gasteiger partial charge is 0.467 e. The smallest absolute Gasteiger partial charge is 0.309 e. The van der Waals surface area contributed by atoms with Crippen LogP contribution in [-0.4, -0.2) is 85.1 Å². The Kier molecular flexibility index (Phi) is 16.4. The first-order valence-electron chi connectivity index (χ1n) is 12.6. The second-order valence-electron chi connectivity index (χ2n) is 8.13. The standard InChI is InChI=1S/C28H39NO8/c1-25-6-5-9-27(22-25)29(23-26-7-3-2-4-8-26)11-13-32-14-15-33-16-17-34-18-19-35-20-21-37-28(31)10-12-36-24-30/h2-9,22,24H,10-21,23H2,1H3. The summed E-state index contributed by atoms with van der Waals surface area (Å²) in [5, 5.41) is 0. The van der Waals surface area contributed by atoms with Crippen LogP contribution >= 0.6 is 0 Å². The Hall–Kier alpha value is -2.98. The summed E-state index contributed by atoms with van der Waals surface area (Å²) >= 11 is 0. The Morgan fingerprint density at radius 1 is 0.757 bits per heavy atom. The van der Waals surface area contributed by atoms with Crippen molar-refractivity contribution in [1.82, 2.24) is 0 Å². The third-order valence-corrected chi connectivity index (χ3v) is 5.19. The highest BCUT2D eigenvalue weighted by atomic mass is 16.6. The van der Waals surface area contributed by atoms with Crippen LogP contribution in [0.4, 0.5) is 5.69 Å². The molecule has 0 atom stereocenters. The van der Waals surface area contributed by atoms with Gasteiger partial charge in [0, 0.05) is 18.8 Å². The lowest BCUT2D eigenvalue weighted by Gasteiger charge is -2.25. The van der Waals surface area contributed by atoms with E-state index < -0.39 is 5.97 Å². The number of benzene rings is 2. The van der Waals surface area contributed by atoms with E-state index in [-0.39, 0.29) is 26.2 Å². The zero-order valence-electron chi connectivity index (χ0n) is 21.7. The van der Waals surface area contributed by atoms with Gasteiger partial charge in [-0.25, -0.2) is 0 Å². The molecule has 0 aromatic heterocycles. The van der Waals surface area contributed by atoms with Gasteiger partial charge in [-0.05, 0) is 30.2 Å². The van der Waals surface area contributed by atoms with Crippen LogP contribution in [0.2, 0.25) is 0 Å². The highest BCUT2D eigenvalue weighted by Crippen LogP contribution is 2.18. The maximum absolute atomic E-state index is 11.3. The molecule has 0 aliphatic carbocycles. The van der Waals surface area contributed by atoms with Crippen LogP contribution in [0.25, 0.3) is 0 Å². The number of nitrogens with zero attached hydrogens (tertiary/aromatic N) is 1. The van der Waals surface area contributed by atoms with Crippen LogP contribution in [0.3, 0.4) is 0 Å². The lowest BCUT2D eigenvalue weighted by Crippen LogP contribution is -2.27. The zero-order valence-corrected chi connectivity index (χ0v) is 21.7. The monoisotopic (exact) mass is 517 g/mol. The molecule has 0 N–H and O–H groups in total. The summed E-state index contributed by atoms with van der Waals surface area (Å²) in [5.41, 5.74) is 3.69. The van der Waals surface area contributed by atoms with Crippen molar-refractivity contribution in [3.63, 3.8) is 0 Å². The van der Waals surface area contributed by atoms with E-state index in [4.69, 9.17) is 23.7 Å². The van der Waals surface area contributed by atoms with Crippen LogP contribution < -0.4 is 4.90 Å². The van der Waals surface area contributed by atoms with Crippen LogP contribution in [0.15, 0.2) is 54.6 Å². The topological polar surface area (TPSA) is 92.8 Å². The van der Waals surface area contributed by atoms with Crippen molar-refractivity contribution in [2.45, 2.75) is 19.9 Å². The molecule has 2 rings (SSSR count). The first-order valence-corrected chi connectivity index (χ1v) is 12.6. The van der Waals surface area contributed by atoms with Crippen molar-refractivity contribution >= 4 is 18.1 Å². The van der Waals surface area contributed by atoms with Crippen molar-refractivity contribution in [1.29, 1.82) is 0 Å². The van der Waals surface area contributed by atoms with Gasteiger partial charge in [-0.3, -0.25) is 9.59 Å². The molecule has 0 saturated heterocycles. The third kappa shape index (κ3) is 15.0. The molecule has 0 aliphatic heterocycles. The Labute approximate surface area is 219 Å². The number of aryl methyl sites for hydroxylation is 1. The number of ether oxygens (including phenoxy) is 6. The van der Waals surface area contributed by atoms with E-state index in [2.05, 4.69) is 65.1 Å². The maximum Gasteiger partial charge on any atom is 0.309 e. The van der Waals surface area contributed by atoms with Gasteiger partial charge in [0.05, 0.1) is 59.3 Å². The number of rotatable bonds is 22. The molecule has 9 heteroatoms. The molecule has 2 aromatic carbocycles. The van der Waals surface area contributed by atoms with E-state index in [0.717, 1.165) is 13.1 Å². The van der Waals surface area contributed by atoms with Crippen molar-refractivity contribution in [2.24, 2.45) is 0 Å². The fourth-order valence-corrected chi connectivity index (χ4v) is 3.34. The summed E-state index contributed by atoms with van der Waals surface area (Å²) < 4.78 is 31.5. The molecular weight excluding hydrogens is 478 g/mol. The molecule has 0 bridgehead atoms. The van der Waals surface area contributed by atoms with Gasteiger partial charge in [0.1, 0.15) is 13.2 Å². The molecular formula is C28H39NO8. The highest BCUT2D eigenvalue weighted by molar-refractivity contribution is 5.69. The molecule has 9 nitrogen and oxygen atoms in total. The van der Waals surface area contributed by atoms with Crippen LogP contribution in [0.5, 0.6) is 0 Å². The SMILES string of the molecule is Cc1cccc(N(CCOCCOCCOCCOCCOC(=O)CCOC=O)Cc2ccccc2)c1. The number of esters is 1. The average Bonchev–Trinajstić information content (AvgIpc) is 2.91. The molecule has 2 aromatic rings. The second kappa shape index (κ2) is 20.1. The van der Waals surface area contributed by atoms with E-state index in [1.54, 1.807) is 0 Å². The Balaban J connectivity index is 1.45. The highest BCUT2D eigenvalue weighted by Gasteiger charge is 2.08. The Morgan fingerprint density at radius 3 is 2.00 bits per heavy atom. The Bertz CT molecular complexity index is 864. The molecule has 0 radical (unpaired) electrons. The summed E-state index contributed by atoms with van der Waals surface area (Å²) in [6.45, 7) is 7.88. The van der Waals surface area contributed by atoms with Crippen LogP contribution in [-0.2, 0) is 44.6 Å². The summed E-state index contributed by atoms with van der Waals surface area (Å²) in [7, 11) is 0. The summed E-state index contributed by atoms with van der Waals surface area (Å²) in [5.74, 6) is -0.432. The molecule has 37 heavy (non-hydrogen) atoms. The lowest BCUT2D eigenvalue weighted by molar-refractivity contribution is -0.147. The quantitative estimate of drug-likeness (QED) is 0.133. The molecule has 204 valence electrons. The maximum atomic E-state index is 11.3. The van der Waals surface area contributed by atoms with Gasteiger partial charge in [-0.15, -0.1) is 0 Å². The predicted molar refractivity (Wildman–Crippen MR) is 140 cm³/mol. The lowest BCUT2D eigenvalue weighted by atomic mass is 10.1. The van der Waals surface area contributed by atoms with Gasteiger partial charge in [-0.2, -0.15) is 0 Å². The van der Waals surface area contributed by atoms with Crippen molar-refractivity contribution in [2.75, 3.05) is 77.5 Å². The van der Waals surface area contributed by atoms with Crippen molar-refractivity contribution in [3.8, 4) is 0 Å². The van der Waals surface area contributed by atoms with E-state index in [9.17, 15) is 9.59 Å². The van der Waals surface area contributed by atoms with Crippen molar-refractivity contribution in [3.05, 3.63) is 65.7 Å². The fraction of sp³-hybridized carbons (Fsp3) is 0.500. The number of carbonyl (C=O) groups is 2. The summed E-state index contributed by atoms with van der Waals surface area (Å²) in [6.07, 6.45) is 0.0347. The fourth-order valence-electron chi connectivity index (χ4n) is 3.34. The molecule has 0 amide bonds. The van der Waals surface area contributed by atoms with Crippen LogP contribution in [0.1, 0.15) is 17.5 Å². The molecule has 0 unspecified atom stereocenters. The number of hydrogen-bond acceptors (Lipinski definition) is 9. The van der Waals surface area contributed by atoms with Gasteiger partial charge >= 0.3 is 5.97 Å². The average molecular weight is 518 g/mol. The summed E-state index contributed by atoms with van der Waals surface area (Å²) in [4.78, 5) is 23.6. The van der Waals surface area contributed by atoms with E-state index in [1.165, 1.54) is 16.8 Å². The van der Waals surface area contributed by atoms with Gasteiger partial charge in [0.25, 0.3) is 6.47 Å². The molecule has 0 saturated carbocycles. The number of carbonyl (C=O) groups excluding carboxylic acids is 2. The minimum atomic E-state index is -0.432. The predicted octanol–water partition coefficient (Wildman–Crippen LogP) is 3.17. The minimum Gasteiger partial charge on any atom is -0.467 e. The molecule has 0 heterocycles. The van der Waals surface area contributed by atoms with E-state index >= 15 is 0 Å². The summed E-state index contributed by atoms with van der Waals surface area (Å²) in [6, 6.07) is 18.9. The van der Waals surface area contributed by atoms with Crippen molar-refractivity contribution < 1.29 is 38.0 Å². The molecule has 0 fully saturated rings.